The van der Waals surface area contributed by atoms with E-state index in [0.717, 1.165) is 31.1 Å². The maximum Gasteiger partial charge on any atom is 0.315 e. The number of nitrogens with one attached hydrogen (secondary N) is 2. The summed E-state index contributed by atoms with van der Waals surface area (Å²) >= 11 is 0. The minimum atomic E-state index is -0.122. The van der Waals surface area contributed by atoms with Crippen LogP contribution in [-0.2, 0) is 17.8 Å². The van der Waals surface area contributed by atoms with Crippen LogP contribution >= 0.6 is 0 Å². The number of likely N-dealkylation sites (tertiary alicyclic amines) is 1. The topological polar surface area (TPSA) is 53.6 Å². The molecular weight excluding hydrogens is 314 g/mol. The van der Waals surface area contributed by atoms with Crippen molar-refractivity contribution in [2.75, 3.05) is 32.8 Å². The van der Waals surface area contributed by atoms with Gasteiger partial charge in [0.25, 0.3) is 0 Å². The molecule has 0 saturated carbocycles. The van der Waals surface area contributed by atoms with Crippen LogP contribution in [0, 0.1) is 5.92 Å². The Labute approximate surface area is 152 Å². The molecule has 0 aliphatic carbocycles. The summed E-state index contributed by atoms with van der Waals surface area (Å²) in [4.78, 5) is 14.3. The van der Waals surface area contributed by atoms with Crippen LogP contribution in [0.2, 0.25) is 0 Å². The van der Waals surface area contributed by atoms with Crippen molar-refractivity contribution in [2.45, 2.75) is 46.2 Å². The molecule has 0 atom stereocenters. The van der Waals surface area contributed by atoms with E-state index in [-0.39, 0.29) is 6.03 Å². The standard InChI is InChI=1S/C20H33N3O2/c1-3-25-14-4-11-21-20(24)22-15-18-5-7-19(8-6-18)16-23-12-9-17(2)10-13-23/h5-8,17H,3-4,9-16H2,1-2H3,(H2,21,22,24). The van der Waals surface area contributed by atoms with Gasteiger partial charge in [-0.3, -0.25) is 4.90 Å². The van der Waals surface area contributed by atoms with Gasteiger partial charge in [0.15, 0.2) is 0 Å². The van der Waals surface area contributed by atoms with Gasteiger partial charge in [0.1, 0.15) is 0 Å². The Hall–Kier alpha value is -1.59. The van der Waals surface area contributed by atoms with Crippen molar-refractivity contribution in [3.63, 3.8) is 0 Å². The highest BCUT2D eigenvalue weighted by Gasteiger charge is 2.15. The van der Waals surface area contributed by atoms with Crippen LogP contribution in [0.5, 0.6) is 0 Å². The fourth-order valence-corrected chi connectivity index (χ4v) is 3.01. The number of benzene rings is 1. The average molecular weight is 348 g/mol. The number of hydrogen-bond donors (Lipinski definition) is 2. The molecule has 2 N–H and O–H groups in total. The van der Waals surface area contributed by atoms with Gasteiger partial charge in [0, 0.05) is 32.8 Å². The molecule has 1 aromatic rings. The first-order valence-electron chi connectivity index (χ1n) is 9.57. The van der Waals surface area contributed by atoms with Gasteiger partial charge in [-0.05, 0) is 56.3 Å². The highest BCUT2D eigenvalue weighted by molar-refractivity contribution is 5.73. The van der Waals surface area contributed by atoms with Crippen LogP contribution in [0.3, 0.4) is 0 Å². The number of nitrogens with zero attached hydrogens (tertiary/aromatic N) is 1. The third kappa shape index (κ3) is 7.88. The Kier molecular flexibility index (Phi) is 8.77. The highest BCUT2D eigenvalue weighted by atomic mass is 16.5. The number of amides is 2. The lowest BCUT2D eigenvalue weighted by Crippen LogP contribution is -2.35. The van der Waals surface area contributed by atoms with Crippen LogP contribution in [0.15, 0.2) is 24.3 Å². The van der Waals surface area contributed by atoms with Crippen molar-refractivity contribution in [1.29, 1.82) is 0 Å². The normalized spacial score (nSPS) is 15.9. The molecule has 2 amide bonds. The van der Waals surface area contributed by atoms with E-state index in [1.807, 2.05) is 6.92 Å². The molecule has 0 unspecified atom stereocenters. The van der Waals surface area contributed by atoms with E-state index in [4.69, 9.17) is 4.74 Å². The monoisotopic (exact) mass is 347 g/mol. The lowest BCUT2D eigenvalue weighted by Gasteiger charge is -2.30. The molecule has 0 aromatic heterocycles. The van der Waals surface area contributed by atoms with Crippen molar-refractivity contribution in [2.24, 2.45) is 5.92 Å². The van der Waals surface area contributed by atoms with Gasteiger partial charge < -0.3 is 15.4 Å². The second kappa shape index (κ2) is 11.1. The lowest BCUT2D eigenvalue weighted by atomic mass is 9.99. The van der Waals surface area contributed by atoms with E-state index in [1.54, 1.807) is 0 Å². The van der Waals surface area contributed by atoms with E-state index < -0.39 is 0 Å². The maximum atomic E-state index is 11.7. The zero-order chi connectivity index (χ0) is 17.9. The second-order valence-electron chi connectivity index (χ2n) is 6.94. The molecule has 1 saturated heterocycles. The van der Waals surface area contributed by atoms with Crippen LogP contribution in [-0.4, -0.2) is 43.8 Å². The Morgan fingerprint density at radius 2 is 1.84 bits per heavy atom. The average Bonchev–Trinajstić information content (AvgIpc) is 2.63. The first-order chi connectivity index (χ1) is 12.2. The Balaban J connectivity index is 1.63. The van der Waals surface area contributed by atoms with Gasteiger partial charge in [0.2, 0.25) is 0 Å². The van der Waals surface area contributed by atoms with Crippen molar-refractivity contribution >= 4 is 6.03 Å². The third-order valence-electron chi connectivity index (χ3n) is 4.71. The Morgan fingerprint density at radius 3 is 2.52 bits per heavy atom. The minimum absolute atomic E-state index is 0.122. The maximum absolute atomic E-state index is 11.7. The number of piperidine rings is 1. The fraction of sp³-hybridized carbons (Fsp3) is 0.650. The molecule has 1 aliphatic rings. The van der Waals surface area contributed by atoms with Gasteiger partial charge >= 0.3 is 6.03 Å². The molecule has 2 rings (SSSR count). The van der Waals surface area contributed by atoms with E-state index in [2.05, 4.69) is 46.7 Å². The Morgan fingerprint density at radius 1 is 1.16 bits per heavy atom. The van der Waals surface area contributed by atoms with Crippen LogP contribution < -0.4 is 10.6 Å². The fourth-order valence-electron chi connectivity index (χ4n) is 3.01. The molecule has 1 heterocycles. The minimum Gasteiger partial charge on any atom is -0.382 e. The predicted octanol–water partition coefficient (Wildman–Crippen LogP) is 3.14. The van der Waals surface area contributed by atoms with E-state index in [1.165, 1.54) is 31.5 Å². The SMILES string of the molecule is CCOCCCNC(=O)NCc1ccc(CN2CCC(C)CC2)cc1. The number of hydrogen-bond acceptors (Lipinski definition) is 3. The molecule has 0 bridgehead atoms. The van der Waals surface area contributed by atoms with Gasteiger partial charge in [-0.25, -0.2) is 4.79 Å². The number of urea groups is 1. The highest BCUT2D eigenvalue weighted by Crippen LogP contribution is 2.18. The van der Waals surface area contributed by atoms with E-state index in [0.29, 0.717) is 19.7 Å². The quantitative estimate of drug-likeness (QED) is 0.675. The molecule has 1 fully saturated rings. The molecule has 5 nitrogen and oxygen atoms in total. The van der Waals surface area contributed by atoms with Crippen molar-refractivity contribution in [1.82, 2.24) is 15.5 Å². The summed E-state index contributed by atoms with van der Waals surface area (Å²) in [5.74, 6) is 0.870. The van der Waals surface area contributed by atoms with Gasteiger partial charge in [-0.15, -0.1) is 0 Å². The van der Waals surface area contributed by atoms with Crippen molar-refractivity contribution in [3.05, 3.63) is 35.4 Å². The zero-order valence-corrected chi connectivity index (χ0v) is 15.7. The molecule has 25 heavy (non-hydrogen) atoms. The summed E-state index contributed by atoms with van der Waals surface area (Å²) in [5.41, 5.74) is 2.47. The van der Waals surface area contributed by atoms with Crippen LogP contribution in [0.25, 0.3) is 0 Å². The number of carbonyl (C=O) groups excluding carboxylic acids is 1. The number of carbonyl (C=O) groups is 1. The molecule has 0 spiro atoms. The third-order valence-corrected chi connectivity index (χ3v) is 4.71. The van der Waals surface area contributed by atoms with Crippen molar-refractivity contribution in [3.8, 4) is 0 Å². The molecular formula is C20H33N3O2. The summed E-state index contributed by atoms with van der Waals surface area (Å²) in [6.45, 7) is 10.3. The van der Waals surface area contributed by atoms with Gasteiger partial charge in [0.05, 0.1) is 0 Å². The molecule has 0 radical (unpaired) electrons. The molecule has 140 valence electrons. The Bertz CT molecular complexity index is 496. The lowest BCUT2D eigenvalue weighted by molar-refractivity contribution is 0.145. The summed E-state index contributed by atoms with van der Waals surface area (Å²) in [6, 6.07) is 8.45. The first kappa shape index (κ1) is 19.7. The second-order valence-corrected chi connectivity index (χ2v) is 6.94. The first-order valence-corrected chi connectivity index (χ1v) is 9.57. The van der Waals surface area contributed by atoms with Crippen LogP contribution in [0.4, 0.5) is 4.79 Å². The summed E-state index contributed by atoms with van der Waals surface area (Å²) in [6.07, 6.45) is 3.45. The summed E-state index contributed by atoms with van der Waals surface area (Å²) < 4.78 is 5.24. The molecule has 5 heteroatoms. The summed E-state index contributed by atoms with van der Waals surface area (Å²) in [7, 11) is 0. The number of rotatable bonds is 9. The predicted molar refractivity (Wildman–Crippen MR) is 101 cm³/mol. The largest absolute Gasteiger partial charge is 0.382 e. The van der Waals surface area contributed by atoms with Crippen molar-refractivity contribution < 1.29 is 9.53 Å². The molecule has 1 aromatic carbocycles. The van der Waals surface area contributed by atoms with Gasteiger partial charge in [-0.2, -0.15) is 0 Å². The summed E-state index contributed by atoms with van der Waals surface area (Å²) in [5, 5.41) is 5.74. The van der Waals surface area contributed by atoms with E-state index in [9.17, 15) is 4.79 Å². The van der Waals surface area contributed by atoms with Gasteiger partial charge in [-0.1, -0.05) is 31.2 Å². The van der Waals surface area contributed by atoms with Crippen LogP contribution in [0.1, 0.15) is 44.2 Å². The number of ether oxygens (including phenoxy) is 1. The molecule has 1 aliphatic heterocycles. The van der Waals surface area contributed by atoms with E-state index >= 15 is 0 Å². The smallest absolute Gasteiger partial charge is 0.315 e. The zero-order valence-electron chi connectivity index (χ0n) is 15.7.